The van der Waals surface area contributed by atoms with E-state index in [9.17, 15) is 5.11 Å². The molecule has 57 heavy (non-hydrogen) atoms. The minimum absolute atomic E-state index is 0. The van der Waals surface area contributed by atoms with Crippen molar-refractivity contribution in [2.24, 2.45) is 0 Å². The van der Waals surface area contributed by atoms with Gasteiger partial charge in [-0.3, -0.25) is 9.55 Å². The van der Waals surface area contributed by atoms with E-state index in [1.54, 1.807) is 24.3 Å². The van der Waals surface area contributed by atoms with Gasteiger partial charge in [0.25, 0.3) is 0 Å². The van der Waals surface area contributed by atoms with E-state index in [0.717, 1.165) is 72.5 Å². The van der Waals surface area contributed by atoms with Gasteiger partial charge in [0, 0.05) is 44.0 Å². The Bertz CT molecular complexity index is 3010. The summed E-state index contributed by atoms with van der Waals surface area (Å²) < 4.78 is 35.2. The molecule has 0 aliphatic rings. The number of hydrogen-bond acceptors (Lipinski definition) is 3. The Kier molecular flexibility index (Phi) is 9.23. The van der Waals surface area contributed by atoms with Gasteiger partial charge in [-0.15, -0.1) is 23.8 Å². The number of rotatable bonds is 8. The molecule has 1 N–H and O–H groups in total. The van der Waals surface area contributed by atoms with Crippen LogP contribution in [0, 0.1) is 12.9 Å². The van der Waals surface area contributed by atoms with Crippen LogP contribution in [0.4, 0.5) is 0 Å². The molecule has 0 amide bonds. The SMILES string of the molecule is [2H]C([2H])([2H])c1ccc(-n2c(-c3ccccc3O)nc3c(-c4[c-]c(-c5cc(-c6ccc(C([2H])(C)C)cc6)ccn5)cc(-c5ccccc5)c4)cccc32)c(-c2ccccc2)c1.[Pt]. The minimum Gasteiger partial charge on any atom is -0.507 e. The molecule has 0 radical (unpaired) electrons. The molecule has 4 nitrogen and oxygen atoms in total. The quantitative estimate of drug-likeness (QED) is 0.155. The maximum absolute atomic E-state index is 11.3. The number of phenols is 1. The summed E-state index contributed by atoms with van der Waals surface area (Å²) in [5, 5.41) is 11.3. The fourth-order valence-corrected chi connectivity index (χ4v) is 7.39. The van der Waals surface area contributed by atoms with Crippen molar-refractivity contribution in [1.29, 1.82) is 0 Å². The van der Waals surface area contributed by atoms with Crippen molar-refractivity contribution in [2.75, 3.05) is 0 Å². The predicted molar refractivity (Wildman–Crippen MR) is 231 cm³/mol. The van der Waals surface area contributed by atoms with Crippen molar-refractivity contribution < 1.29 is 31.7 Å². The van der Waals surface area contributed by atoms with Crippen LogP contribution in [0.2, 0.25) is 0 Å². The van der Waals surface area contributed by atoms with E-state index in [-0.39, 0.29) is 32.4 Å². The minimum atomic E-state index is -2.32. The molecule has 0 fully saturated rings. The first kappa shape index (κ1) is 32.8. The molecule has 9 aromatic rings. The third-order valence-corrected chi connectivity index (χ3v) is 10.3. The summed E-state index contributed by atoms with van der Waals surface area (Å²) >= 11 is 0. The number of aryl methyl sites for hydroxylation is 1. The number of imidazole rings is 1. The summed E-state index contributed by atoms with van der Waals surface area (Å²) in [6.45, 7) is 1.46. The molecule has 5 heteroatoms. The molecule has 0 spiro atoms. The molecule has 0 bridgehead atoms. The first-order chi connectivity index (χ1) is 28.9. The van der Waals surface area contributed by atoms with Crippen LogP contribution in [0.25, 0.3) is 83.9 Å². The normalized spacial score (nSPS) is 12.6. The zero-order chi connectivity index (χ0) is 41.6. The van der Waals surface area contributed by atoms with E-state index in [4.69, 9.17) is 15.5 Å². The van der Waals surface area contributed by atoms with Gasteiger partial charge in [0.2, 0.25) is 0 Å². The van der Waals surface area contributed by atoms with Crippen LogP contribution in [-0.4, -0.2) is 19.6 Å². The zero-order valence-electron chi connectivity index (χ0n) is 35.3. The van der Waals surface area contributed by atoms with Crippen molar-refractivity contribution in [3.63, 3.8) is 0 Å². The maximum Gasteiger partial charge on any atom is 0.148 e. The van der Waals surface area contributed by atoms with Gasteiger partial charge in [0.1, 0.15) is 11.6 Å². The fourth-order valence-electron chi connectivity index (χ4n) is 7.39. The largest absolute Gasteiger partial charge is 0.507 e. The molecule has 2 aromatic heterocycles. The van der Waals surface area contributed by atoms with Crippen molar-refractivity contribution in [3.8, 4) is 78.6 Å². The molecular formula is C52H40N3OPt-. The van der Waals surface area contributed by atoms with E-state index in [0.29, 0.717) is 16.9 Å². The number of hydrogen-bond donors (Lipinski definition) is 1. The number of pyridine rings is 1. The fraction of sp³-hybridized carbons (Fsp3) is 0.0769. The first-order valence-corrected chi connectivity index (χ1v) is 18.6. The molecule has 2 heterocycles. The molecule has 0 unspecified atom stereocenters. The zero-order valence-corrected chi connectivity index (χ0v) is 33.6. The van der Waals surface area contributed by atoms with Crippen LogP contribution in [0.3, 0.4) is 0 Å². The van der Waals surface area contributed by atoms with Crippen molar-refractivity contribution in [1.82, 2.24) is 14.5 Å². The topological polar surface area (TPSA) is 50.9 Å². The summed E-state index contributed by atoms with van der Waals surface area (Å²) in [5.41, 5.74) is 12.7. The summed E-state index contributed by atoms with van der Waals surface area (Å²) in [6.07, 6.45) is 1.82. The number of nitrogens with zero attached hydrogens (tertiary/aromatic N) is 3. The van der Waals surface area contributed by atoms with Crippen molar-refractivity contribution in [3.05, 3.63) is 193 Å². The van der Waals surface area contributed by atoms with Crippen molar-refractivity contribution in [2.45, 2.75) is 26.6 Å². The summed E-state index contributed by atoms with van der Waals surface area (Å²) in [4.78, 5) is 10.2. The summed E-state index contributed by atoms with van der Waals surface area (Å²) in [5.74, 6) is -0.122. The molecule has 0 aliphatic carbocycles. The van der Waals surface area contributed by atoms with Crippen LogP contribution in [-0.2, 0) is 21.1 Å². The van der Waals surface area contributed by atoms with E-state index < -0.39 is 12.7 Å². The molecule has 7 aromatic carbocycles. The van der Waals surface area contributed by atoms with Gasteiger partial charge in [-0.1, -0.05) is 157 Å². The second kappa shape index (κ2) is 16.0. The Hall–Kier alpha value is -6.35. The number of aromatic nitrogens is 3. The smallest absolute Gasteiger partial charge is 0.148 e. The van der Waals surface area contributed by atoms with Gasteiger partial charge in [-0.25, -0.2) is 4.98 Å². The molecule has 280 valence electrons. The number of aromatic hydroxyl groups is 1. The maximum atomic E-state index is 11.3. The Morgan fingerprint density at radius 2 is 1.30 bits per heavy atom. The van der Waals surface area contributed by atoms with E-state index in [2.05, 4.69) is 48.5 Å². The summed E-state index contributed by atoms with van der Waals surface area (Å²) in [7, 11) is 0. The van der Waals surface area contributed by atoms with E-state index in [1.807, 2.05) is 128 Å². The molecular weight excluding hydrogens is 878 g/mol. The van der Waals surface area contributed by atoms with Gasteiger partial charge >= 0.3 is 0 Å². The molecule has 9 rings (SSSR count). The number of fused-ring (bicyclic) bond motifs is 1. The van der Waals surface area contributed by atoms with Crippen LogP contribution >= 0.6 is 0 Å². The molecule has 0 saturated heterocycles. The summed E-state index contributed by atoms with van der Waals surface area (Å²) in [6, 6.07) is 58.5. The van der Waals surface area contributed by atoms with E-state index >= 15 is 0 Å². The standard InChI is InChI=1S/C52H40N3O.Pt/c1-34(2)36-22-24-38(25-23-36)40-27-28-53-47(33-40)43-31-41(37-13-6-4-7-14-37)30-42(32-43)44-18-12-19-49-51(44)54-52(45-17-10-11-20-50(45)56)55(49)48-26-21-35(3)29-46(48)39-15-8-5-9-16-39;/h4-31,33-34,56H,1-3H3;/q-1;/i3D3,34D;. The van der Waals surface area contributed by atoms with Gasteiger partial charge in [-0.2, -0.15) is 0 Å². The number of para-hydroxylation sites is 2. The van der Waals surface area contributed by atoms with Gasteiger partial charge < -0.3 is 5.11 Å². The van der Waals surface area contributed by atoms with Crippen LogP contribution in [0.1, 0.15) is 36.4 Å². The third kappa shape index (κ3) is 7.37. The first-order valence-electron chi connectivity index (χ1n) is 20.6. The average Bonchev–Trinajstić information content (AvgIpc) is 3.66. The number of phenolic OH excluding ortho intramolecular Hbond substituents is 1. The van der Waals surface area contributed by atoms with Gasteiger partial charge in [-0.05, 0) is 77.0 Å². The Labute approximate surface area is 354 Å². The average molecular weight is 922 g/mol. The molecule has 0 saturated carbocycles. The Balaban J connectivity index is 0.00000514. The van der Waals surface area contributed by atoms with Crippen molar-refractivity contribution >= 4 is 11.0 Å². The van der Waals surface area contributed by atoms with E-state index in [1.165, 1.54) is 0 Å². The number of benzene rings is 7. The third-order valence-electron chi connectivity index (χ3n) is 10.3. The van der Waals surface area contributed by atoms with Gasteiger partial charge in [0.15, 0.2) is 0 Å². The molecule has 0 aliphatic heterocycles. The van der Waals surface area contributed by atoms with Crippen LogP contribution < -0.4 is 0 Å². The monoisotopic (exact) mass is 921 g/mol. The predicted octanol–water partition coefficient (Wildman–Crippen LogP) is 13.4. The second-order valence-electron chi connectivity index (χ2n) is 14.1. The van der Waals surface area contributed by atoms with Crippen LogP contribution in [0.5, 0.6) is 5.75 Å². The second-order valence-corrected chi connectivity index (χ2v) is 14.1. The Morgan fingerprint density at radius 3 is 2.04 bits per heavy atom. The molecule has 0 atom stereocenters. The Morgan fingerprint density at radius 1 is 0.614 bits per heavy atom. The van der Waals surface area contributed by atoms with Crippen LogP contribution in [0.15, 0.2) is 176 Å². The van der Waals surface area contributed by atoms with Gasteiger partial charge in [0.05, 0.1) is 22.3 Å².